The summed E-state index contributed by atoms with van der Waals surface area (Å²) in [7, 11) is 0. The number of rotatable bonds is 5. The fourth-order valence-corrected chi connectivity index (χ4v) is 4.21. The summed E-state index contributed by atoms with van der Waals surface area (Å²) < 4.78 is 0. The highest BCUT2D eigenvalue weighted by Crippen LogP contribution is 2.27. The van der Waals surface area contributed by atoms with Gasteiger partial charge in [-0.05, 0) is 37.7 Å². The van der Waals surface area contributed by atoms with Crippen molar-refractivity contribution in [1.29, 1.82) is 0 Å². The zero-order chi connectivity index (χ0) is 19.4. The first-order chi connectivity index (χ1) is 12.8. The third-order valence-electron chi connectivity index (χ3n) is 5.10. The fourth-order valence-electron chi connectivity index (χ4n) is 3.41. The second-order valence-corrected chi connectivity index (χ2v) is 9.74. The summed E-state index contributed by atoms with van der Waals surface area (Å²) in [5.74, 6) is 1.72. The fraction of sp³-hybridized carbons (Fsp3) is 0.571. The van der Waals surface area contributed by atoms with Gasteiger partial charge in [0.15, 0.2) is 0 Å². The number of carbonyl (C=O) groups is 1. The number of aromatic amines is 1. The maximum absolute atomic E-state index is 12.8. The molecule has 1 amide bonds. The van der Waals surface area contributed by atoms with E-state index in [9.17, 15) is 4.79 Å². The maximum atomic E-state index is 12.8. The van der Waals surface area contributed by atoms with Crippen molar-refractivity contribution in [3.8, 4) is 0 Å². The molecule has 0 spiro atoms. The minimum Gasteiger partial charge on any atom is -0.342 e. The first-order valence-corrected chi connectivity index (χ1v) is 10.6. The zero-order valence-corrected chi connectivity index (χ0v) is 17.6. The quantitative estimate of drug-likeness (QED) is 0.787. The lowest BCUT2D eigenvalue weighted by atomic mass is 9.90. The van der Waals surface area contributed by atoms with E-state index in [1.807, 2.05) is 11.8 Å². The number of likely N-dealkylation sites (tertiary alicyclic amines) is 1. The second-order valence-electron chi connectivity index (χ2n) is 8.44. The van der Waals surface area contributed by atoms with Crippen LogP contribution in [0.25, 0.3) is 0 Å². The molecule has 3 rings (SSSR count). The molecule has 1 unspecified atom stereocenters. The van der Waals surface area contributed by atoms with Gasteiger partial charge in [-0.25, -0.2) is 4.98 Å². The number of nitrogens with one attached hydrogen (secondary N) is 1. The predicted octanol–water partition coefficient (Wildman–Crippen LogP) is 4.06. The van der Waals surface area contributed by atoms with Gasteiger partial charge in [-0.1, -0.05) is 62.9 Å². The van der Waals surface area contributed by atoms with Gasteiger partial charge in [-0.2, -0.15) is 0 Å². The Hall–Kier alpha value is -1.82. The molecular weight excluding hydrogens is 356 g/mol. The van der Waals surface area contributed by atoms with Crippen LogP contribution in [0.5, 0.6) is 0 Å². The van der Waals surface area contributed by atoms with Gasteiger partial charge in [-0.3, -0.25) is 9.89 Å². The minimum atomic E-state index is -0.167. The predicted molar refractivity (Wildman–Crippen MR) is 110 cm³/mol. The van der Waals surface area contributed by atoms with Gasteiger partial charge in [-0.15, -0.1) is 5.10 Å². The highest BCUT2D eigenvalue weighted by molar-refractivity contribution is 8.00. The molecule has 2 aromatic rings. The monoisotopic (exact) mass is 386 g/mol. The highest BCUT2D eigenvalue weighted by Gasteiger charge is 2.28. The molecule has 27 heavy (non-hydrogen) atoms. The van der Waals surface area contributed by atoms with E-state index in [0.717, 1.165) is 38.2 Å². The van der Waals surface area contributed by atoms with E-state index in [-0.39, 0.29) is 16.6 Å². The number of aromatic nitrogens is 3. The van der Waals surface area contributed by atoms with Crippen molar-refractivity contribution in [2.75, 3.05) is 13.1 Å². The lowest BCUT2D eigenvalue weighted by Gasteiger charge is -2.33. The summed E-state index contributed by atoms with van der Waals surface area (Å²) in [5.41, 5.74) is 1.32. The van der Waals surface area contributed by atoms with Crippen molar-refractivity contribution in [1.82, 2.24) is 20.1 Å². The molecule has 146 valence electrons. The Balaban J connectivity index is 1.49. The number of hydrogen-bond donors (Lipinski definition) is 1. The van der Waals surface area contributed by atoms with Gasteiger partial charge in [0.05, 0.1) is 5.25 Å². The molecule has 1 atom stereocenters. The average molecular weight is 387 g/mol. The normalized spacial score (nSPS) is 17.1. The Morgan fingerprint density at radius 1 is 1.26 bits per heavy atom. The molecule has 1 N–H and O–H groups in total. The first kappa shape index (κ1) is 19.9. The number of carbonyl (C=O) groups excluding carboxylic acids is 1. The topological polar surface area (TPSA) is 61.9 Å². The Morgan fingerprint density at radius 2 is 1.93 bits per heavy atom. The summed E-state index contributed by atoms with van der Waals surface area (Å²) in [6.45, 7) is 9.93. The molecule has 2 heterocycles. The van der Waals surface area contributed by atoms with Crippen LogP contribution in [0.2, 0.25) is 0 Å². The van der Waals surface area contributed by atoms with E-state index >= 15 is 0 Å². The molecule has 0 saturated carbocycles. The van der Waals surface area contributed by atoms with Crippen molar-refractivity contribution in [3.05, 3.63) is 41.7 Å². The van der Waals surface area contributed by atoms with Crippen LogP contribution >= 0.6 is 11.8 Å². The number of thioether (sulfide) groups is 1. The maximum Gasteiger partial charge on any atom is 0.235 e. The van der Waals surface area contributed by atoms with Gasteiger partial charge in [0.25, 0.3) is 0 Å². The van der Waals surface area contributed by atoms with Crippen molar-refractivity contribution >= 4 is 17.7 Å². The van der Waals surface area contributed by atoms with Gasteiger partial charge < -0.3 is 4.90 Å². The number of H-pyrrole nitrogens is 1. The van der Waals surface area contributed by atoms with E-state index in [0.29, 0.717) is 11.1 Å². The molecule has 0 aliphatic carbocycles. The Labute approximate surface area is 166 Å². The van der Waals surface area contributed by atoms with Gasteiger partial charge in [0.2, 0.25) is 11.1 Å². The van der Waals surface area contributed by atoms with Gasteiger partial charge in [0.1, 0.15) is 5.82 Å². The smallest absolute Gasteiger partial charge is 0.235 e. The molecule has 1 fully saturated rings. The lowest BCUT2D eigenvalue weighted by molar-refractivity contribution is -0.131. The number of nitrogens with zero attached hydrogens (tertiary/aromatic N) is 3. The summed E-state index contributed by atoms with van der Waals surface area (Å²) in [5, 5.41) is 7.74. The van der Waals surface area contributed by atoms with E-state index < -0.39 is 0 Å². The number of piperidine rings is 1. The van der Waals surface area contributed by atoms with Crippen LogP contribution in [0, 0.1) is 5.92 Å². The van der Waals surface area contributed by atoms with Crippen molar-refractivity contribution in [2.45, 2.75) is 62.8 Å². The van der Waals surface area contributed by atoms with Crippen LogP contribution in [-0.2, 0) is 16.6 Å². The molecule has 1 saturated heterocycles. The van der Waals surface area contributed by atoms with Crippen LogP contribution in [0.15, 0.2) is 35.5 Å². The molecule has 1 aliphatic rings. The van der Waals surface area contributed by atoms with E-state index in [2.05, 4.69) is 66.3 Å². The molecule has 5 nitrogen and oxygen atoms in total. The molecule has 1 aliphatic heterocycles. The number of benzene rings is 1. The van der Waals surface area contributed by atoms with E-state index in [1.165, 1.54) is 17.3 Å². The lowest BCUT2D eigenvalue weighted by Crippen LogP contribution is -2.42. The van der Waals surface area contributed by atoms with Crippen LogP contribution in [0.3, 0.4) is 0 Å². The standard InChI is InChI=1S/C21H30N4OS/c1-15(27-20-22-19(23-24-20)21(2,3)4)18(26)25-12-10-17(11-13-25)14-16-8-6-5-7-9-16/h5-9,15,17H,10-14H2,1-4H3,(H,22,23,24). The summed E-state index contributed by atoms with van der Waals surface area (Å²) >= 11 is 1.44. The molecule has 0 radical (unpaired) electrons. The van der Waals surface area contributed by atoms with Crippen LogP contribution in [0.4, 0.5) is 0 Å². The van der Waals surface area contributed by atoms with Gasteiger partial charge in [0, 0.05) is 18.5 Å². The molecular formula is C21H30N4OS. The number of amides is 1. The van der Waals surface area contributed by atoms with Crippen LogP contribution in [0.1, 0.15) is 51.9 Å². The van der Waals surface area contributed by atoms with Crippen LogP contribution in [-0.4, -0.2) is 44.3 Å². The summed E-state index contributed by atoms with van der Waals surface area (Å²) in [6, 6.07) is 10.6. The van der Waals surface area contributed by atoms with Gasteiger partial charge >= 0.3 is 0 Å². The SMILES string of the molecule is CC(Sc1n[nH]c(C(C)(C)C)n1)C(=O)N1CCC(Cc2ccccc2)CC1. The Bertz CT molecular complexity index is 745. The van der Waals surface area contributed by atoms with E-state index in [4.69, 9.17) is 0 Å². The summed E-state index contributed by atoms with van der Waals surface area (Å²) in [4.78, 5) is 19.4. The highest BCUT2D eigenvalue weighted by atomic mass is 32.2. The Kier molecular flexibility index (Phi) is 6.25. The van der Waals surface area contributed by atoms with Crippen molar-refractivity contribution in [3.63, 3.8) is 0 Å². The van der Waals surface area contributed by atoms with E-state index in [1.54, 1.807) is 0 Å². The van der Waals surface area contributed by atoms with Crippen LogP contribution < -0.4 is 0 Å². The molecule has 0 bridgehead atoms. The molecule has 1 aromatic carbocycles. The van der Waals surface area contributed by atoms with Crippen molar-refractivity contribution in [2.24, 2.45) is 5.92 Å². The largest absolute Gasteiger partial charge is 0.342 e. The second kappa shape index (κ2) is 8.46. The molecule has 1 aromatic heterocycles. The Morgan fingerprint density at radius 3 is 2.52 bits per heavy atom. The third kappa shape index (κ3) is 5.34. The first-order valence-electron chi connectivity index (χ1n) is 9.75. The zero-order valence-electron chi connectivity index (χ0n) is 16.7. The molecule has 6 heteroatoms. The van der Waals surface area contributed by atoms with Crippen molar-refractivity contribution < 1.29 is 4.79 Å². The third-order valence-corrected chi connectivity index (χ3v) is 6.05. The minimum absolute atomic E-state index is 0.0697. The number of hydrogen-bond acceptors (Lipinski definition) is 4. The average Bonchev–Trinajstić information content (AvgIpc) is 3.11. The summed E-state index contributed by atoms with van der Waals surface area (Å²) in [6.07, 6.45) is 3.26.